The third kappa shape index (κ3) is 1.55. The summed E-state index contributed by atoms with van der Waals surface area (Å²) in [5.41, 5.74) is 1.10. The van der Waals surface area contributed by atoms with Crippen LogP contribution >= 0.6 is 27.3 Å². The summed E-state index contributed by atoms with van der Waals surface area (Å²) in [4.78, 5) is 0.568. The van der Waals surface area contributed by atoms with E-state index < -0.39 is 0 Å². The molecule has 0 unspecified atom stereocenters. The van der Waals surface area contributed by atoms with Crippen molar-refractivity contribution >= 4 is 37.5 Å². The topological polar surface area (TPSA) is 28.8 Å². The van der Waals surface area contributed by atoms with Gasteiger partial charge in [-0.25, -0.2) is 0 Å². The second kappa shape index (κ2) is 3.71. The molecule has 1 heterocycles. The highest BCUT2D eigenvalue weighted by molar-refractivity contribution is 9.10. The Bertz CT molecular complexity index is 539. The van der Waals surface area contributed by atoms with Crippen molar-refractivity contribution in [2.75, 3.05) is 0 Å². The highest BCUT2D eigenvalue weighted by Crippen LogP contribution is 2.21. The van der Waals surface area contributed by atoms with Crippen molar-refractivity contribution in [3.63, 3.8) is 0 Å². The summed E-state index contributed by atoms with van der Waals surface area (Å²) >= 11 is 4.91. The molecule has 0 radical (unpaired) electrons. The van der Waals surface area contributed by atoms with Crippen LogP contribution in [0.25, 0.3) is 10.2 Å². The second-order valence-electron chi connectivity index (χ2n) is 2.92. The first-order valence-electron chi connectivity index (χ1n) is 4.17. The molecule has 0 saturated carbocycles. The first kappa shape index (κ1) is 9.68. The smallest absolute Gasteiger partial charge is 0.183 e. The standard InChI is InChI=1S/C10H9BrN2S/c1-2-5-13-8-4-3-7(11)6-9(8)14-10(13)12/h2-4,6,12H,1,5H2. The highest BCUT2D eigenvalue weighted by Gasteiger charge is 2.03. The predicted molar refractivity (Wildman–Crippen MR) is 63.6 cm³/mol. The van der Waals surface area contributed by atoms with Crippen LogP contribution < -0.4 is 4.80 Å². The van der Waals surface area contributed by atoms with E-state index in [4.69, 9.17) is 5.41 Å². The van der Waals surface area contributed by atoms with Gasteiger partial charge in [0.2, 0.25) is 0 Å². The fourth-order valence-corrected chi connectivity index (χ4v) is 2.84. The van der Waals surface area contributed by atoms with Crippen LogP contribution in [-0.2, 0) is 6.54 Å². The van der Waals surface area contributed by atoms with Gasteiger partial charge in [-0.05, 0) is 18.2 Å². The molecular formula is C10H9BrN2S. The molecule has 0 aliphatic heterocycles. The van der Waals surface area contributed by atoms with Crippen molar-refractivity contribution in [2.24, 2.45) is 0 Å². The van der Waals surface area contributed by atoms with Crippen LogP contribution in [0.3, 0.4) is 0 Å². The normalized spacial score (nSPS) is 10.6. The SMILES string of the molecule is C=CCn1c(=N)sc2cc(Br)ccc21. The second-order valence-corrected chi connectivity index (χ2v) is 4.86. The quantitative estimate of drug-likeness (QED) is 0.811. The van der Waals surface area contributed by atoms with E-state index in [-0.39, 0.29) is 0 Å². The van der Waals surface area contributed by atoms with Gasteiger partial charge in [-0.1, -0.05) is 33.3 Å². The van der Waals surface area contributed by atoms with Gasteiger partial charge in [-0.3, -0.25) is 5.41 Å². The average molecular weight is 269 g/mol. The van der Waals surface area contributed by atoms with Crippen molar-refractivity contribution in [2.45, 2.75) is 6.54 Å². The van der Waals surface area contributed by atoms with Gasteiger partial charge in [-0.2, -0.15) is 0 Å². The fourth-order valence-electron chi connectivity index (χ4n) is 1.37. The lowest BCUT2D eigenvalue weighted by molar-refractivity contribution is 0.811. The Labute approximate surface area is 94.1 Å². The number of fused-ring (bicyclic) bond motifs is 1. The lowest BCUT2D eigenvalue weighted by atomic mass is 10.3. The number of benzene rings is 1. The van der Waals surface area contributed by atoms with E-state index in [0.29, 0.717) is 11.3 Å². The number of nitrogens with zero attached hydrogens (tertiary/aromatic N) is 1. The molecule has 2 rings (SSSR count). The van der Waals surface area contributed by atoms with Gasteiger partial charge < -0.3 is 4.57 Å². The largest absolute Gasteiger partial charge is 0.313 e. The van der Waals surface area contributed by atoms with Gasteiger partial charge in [0.05, 0.1) is 10.2 Å². The molecule has 2 nitrogen and oxygen atoms in total. The van der Waals surface area contributed by atoms with Gasteiger partial charge in [0.1, 0.15) is 0 Å². The minimum atomic E-state index is 0.568. The minimum absolute atomic E-state index is 0.568. The van der Waals surface area contributed by atoms with Gasteiger partial charge in [0.25, 0.3) is 0 Å². The summed E-state index contributed by atoms with van der Waals surface area (Å²) in [5, 5.41) is 7.79. The summed E-state index contributed by atoms with van der Waals surface area (Å²) in [6.07, 6.45) is 1.81. The van der Waals surface area contributed by atoms with E-state index in [1.165, 1.54) is 11.3 Å². The zero-order chi connectivity index (χ0) is 10.1. The van der Waals surface area contributed by atoms with Crippen molar-refractivity contribution in [1.29, 1.82) is 5.41 Å². The summed E-state index contributed by atoms with van der Waals surface area (Å²) < 4.78 is 4.13. The van der Waals surface area contributed by atoms with Crippen LogP contribution in [0.1, 0.15) is 0 Å². The first-order valence-corrected chi connectivity index (χ1v) is 5.77. The summed E-state index contributed by atoms with van der Waals surface area (Å²) in [7, 11) is 0. The molecule has 4 heteroatoms. The molecule has 0 atom stereocenters. The lowest BCUT2D eigenvalue weighted by Gasteiger charge is -1.99. The molecule has 1 N–H and O–H groups in total. The molecule has 1 aromatic carbocycles. The fraction of sp³-hybridized carbons (Fsp3) is 0.100. The maximum absolute atomic E-state index is 7.79. The Morgan fingerprint density at radius 1 is 1.57 bits per heavy atom. The van der Waals surface area contributed by atoms with E-state index in [2.05, 4.69) is 22.5 Å². The molecule has 72 valence electrons. The number of hydrogen-bond acceptors (Lipinski definition) is 2. The van der Waals surface area contributed by atoms with Crippen LogP contribution in [0.5, 0.6) is 0 Å². The van der Waals surface area contributed by atoms with Crippen molar-refractivity contribution < 1.29 is 0 Å². The predicted octanol–water partition coefficient (Wildman–Crippen LogP) is 3.13. The number of aromatic nitrogens is 1. The van der Waals surface area contributed by atoms with E-state index >= 15 is 0 Å². The van der Waals surface area contributed by atoms with Crippen molar-refractivity contribution in [3.8, 4) is 0 Å². The maximum atomic E-state index is 7.79. The number of thiazole rings is 1. The number of hydrogen-bond donors (Lipinski definition) is 1. The third-order valence-electron chi connectivity index (χ3n) is 1.98. The van der Waals surface area contributed by atoms with Crippen LogP contribution in [0.15, 0.2) is 35.3 Å². The molecule has 0 bridgehead atoms. The summed E-state index contributed by atoms with van der Waals surface area (Å²) in [6, 6.07) is 6.06. The molecule has 0 aliphatic carbocycles. The van der Waals surface area contributed by atoms with Crippen molar-refractivity contribution in [1.82, 2.24) is 4.57 Å². The number of allylic oxidation sites excluding steroid dienone is 1. The van der Waals surface area contributed by atoms with Gasteiger partial charge >= 0.3 is 0 Å². The summed E-state index contributed by atoms with van der Waals surface area (Å²) in [6.45, 7) is 4.39. The van der Waals surface area contributed by atoms with Crippen LogP contribution in [0, 0.1) is 5.41 Å². The zero-order valence-electron chi connectivity index (χ0n) is 7.46. The average Bonchev–Trinajstić information content (AvgIpc) is 2.43. The number of nitrogens with one attached hydrogen (secondary N) is 1. The number of rotatable bonds is 2. The summed E-state index contributed by atoms with van der Waals surface area (Å²) in [5.74, 6) is 0. The monoisotopic (exact) mass is 268 g/mol. The zero-order valence-corrected chi connectivity index (χ0v) is 9.86. The molecule has 14 heavy (non-hydrogen) atoms. The van der Waals surface area contributed by atoms with Crippen LogP contribution in [-0.4, -0.2) is 4.57 Å². The van der Waals surface area contributed by atoms with Crippen LogP contribution in [0.4, 0.5) is 0 Å². The lowest BCUT2D eigenvalue weighted by Crippen LogP contribution is -2.11. The first-order chi connectivity index (χ1) is 6.72. The Hall–Kier alpha value is -0.870. The van der Waals surface area contributed by atoms with Crippen LogP contribution in [0.2, 0.25) is 0 Å². The van der Waals surface area contributed by atoms with Gasteiger partial charge in [0.15, 0.2) is 4.80 Å². The molecule has 0 spiro atoms. The highest BCUT2D eigenvalue weighted by atomic mass is 79.9. The Morgan fingerprint density at radius 3 is 3.07 bits per heavy atom. The molecule has 0 amide bonds. The van der Waals surface area contributed by atoms with E-state index in [9.17, 15) is 0 Å². The molecule has 0 fully saturated rings. The van der Waals surface area contributed by atoms with E-state index in [1.807, 2.05) is 28.8 Å². The minimum Gasteiger partial charge on any atom is -0.313 e. The van der Waals surface area contributed by atoms with Gasteiger partial charge in [-0.15, -0.1) is 6.58 Å². The molecule has 0 aliphatic rings. The van der Waals surface area contributed by atoms with Gasteiger partial charge in [0, 0.05) is 11.0 Å². The number of halogens is 1. The molecule has 2 aromatic rings. The maximum Gasteiger partial charge on any atom is 0.183 e. The molecule has 0 saturated heterocycles. The Balaban J connectivity index is 2.76. The van der Waals surface area contributed by atoms with Crippen molar-refractivity contribution in [3.05, 3.63) is 40.1 Å². The Morgan fingerprint density at radius 2 is 2.36 bits per heavy atom. The van der Waals surface area contributed by atoms with E-state index in [0.717, 1.165) is 14.7 Å². The Kier molecular flexibility index (Phi) is 2.56. The molecular weight excluding hydrogens is 260 g/mol. The third-order valence-corrected chi connectivity index (χ3v) is 3.43. The van der Waals surface area contributed by atoms with E-state index in [1.54, 1.807) is 0 Å². The molecule has 1 aromatic heterocycles.